The zero-order valence-corrected chi connectivity index (χ0v) is 9.53. The summed E-state index contributed by atoms with van der Waals surface area (Å²) in [5.74, 6) is 0.409. The molecule has 0 atom stereocenters. The number of hydrogen-bond donors (Lipinski definition) is 0. The SMILES string of the molecule is CCCCCCOc1cccc(C)[n+]1[O-]. The molecule has 0 spiro atoms. The van der Waals surface area contributed by atoms with E-state index in [-0.39, 0.29) is 0 Å². The Hall–Kier alpha value is -1.25. The van der Waals surface area contributed by atoms with Gasteiger partial charge in [0.25, 0.3) is 0 Å². The van der Waals surface area contributed by atoms with Crippen LogP contribution in [0.2, 0.25) is 0 Å². The lowest BCUT2D eigenvalue weighted by molar-refractivity contribution is -0.619. The average Bonchev–Trinajstić information content (AvgIpc) is 2.24. The third kappa shape index (κ3) is 3.78. The number of aryl methyl sites for hydroxylation is 1. The van der Waals surface area contributed by atoms with Gasteiger partial charge in [-0.05, 0) is 12.5 Å². The Balaban J connectivity index is 2.34. The zero-order chi connectivity index (χ0) is 11.1. The Morgan fingerprint density at radius 1 is 1.27 bits per heavy atom. The van der Waals surface area contributed by atoms with Gasteiger partial charge in [-0.15, -0.1) is 4.73 Å². The molecule has 0 aliphatic rings. The summed E-state index contributed by atoms with van der Waals surface area (Å²) in [5, 5.41) is 11.5. The number of nitrogens with zero attached hydrogens (tertiary/aromatic N) is 1. The molecule has 0 radical (unpaired) electrons. The van der Waals surface area contributed by atoms with Crippen LogP contribution < -0.4 is 9.47 Å². The second kappa shape index (κ2) is 6.27. The van der Waals surface area contributed by atoms with Gasteiger partial charge in [-0.3, -0.25) is 0 Å². The maximum absolute atomic E-state index is 11.5. The highest BCUT2D eigenvalue weighted by Crippen LogP contribution is 2.06. The third-order valence-corrected chi connectivity index (χ3v) is 2.34. The molecule has 0 bridgehead atoms. The van der Waals surface area contributed by atoms with Crippen LogP contribution in [-0.2, 0) is 0 Å². The molecule has 0 saturated carbocycles. The van der Waals surface area contributed by atoms with Crippen LogP contribution in [0.1, 0.15) is 38.3 Å². The first-order valence-corrected chi connectivity index (χ1v) is 5.57. The molecule has 3 heteroatoms. The maximum atomic E-state index is 11.5. The highest BCUT2D eigenvalue weighted by molar-refractivity contribution is 5.07. The Labute approximate surface area is 91.3 Å². The molecule has 0 fully saturated rings. The minimum Gasteiger partial charge on any atom is -0.616 e. The molecular weight excluding hydrogens is 190 g/mol. The molecule has 0 saturated heterocycles. The highest BCUT2D eigenvalue weighted by atomic mass is 16.5. The van der Waals surface area contributed by atoms with Crippen molar-refractivity contribution in [2.75, 3.05) is 6.61 Å². The van der Waals surface area contributed by atoms with Gasteiger partial charge in [0, 0.05) is 13.0 Å². The molecule has 0 aliphatic heterocycles. The standard InChI is InChI=1S/C12H19NO2/c1-3-4-5-6-10-15-12-9-7-8-11(2)13(12)14/h7-9H,3-6,10H2,1-2H3. The summed E-state index contributed by atoms with van der Waals surface area (Å²) >= 11 is 0. The van der Waals surface area contributed by atoms with Crippen molar-refractivity contribution < 1.29 is 9.47 Å². The molecule has 1 heterocycles. The first-order chi connectivity index (χ1) is 7.25. The normalized spacial score (nSPS) is 10.3. The van der Waals surface area contributed by atoms with Gasteiger partial charge in [-0.1, -0.05) is 26.2 Å². The molecular formula is C12H19NO2. The van der Waals surface area contributed by atoms with E-state index in [2.05, 4.69) is 6.92 Å². The molecule has 0 aromatic carbocycles. The smallest absolute Gasteiger partial charge is 0.379 e. The highest BCUT2D eigenvalue weighted by Gasteiger charge is 2.07. The fourth-order valence-electron chi connectivity index (χ4n) is 1.39. The Kier molecular flexibility index (Phi) is 4.95. The number of ether oxygens (including phenoxy) is 1. The van der Waals surface area contributed by atoms with E-state index in [1.165, 1.54) is 19.3 Å². The van der Waals surface area contributed by atoms with Crippen LogP contribution in [0.3, 0.4) is 0 Å². The average molecular weight is 209 g/mol. The molecule has 0 unspecified atom stereocenters. The van der Waals surface area contributed by atoms with E-state index >= 15 is 0 Å². The van der Waals surface area contributed by atoms with Crippen LogP contribution in [0.4, 0.5) is 0 Å². The maximum Gasteiger partial charge on any atom is 0.379 e. The molecule has 1 aromatic rings. The third-order valence-electron chi connectivity index (χ3n) is 2.34. The quantitative estimate of drug-likeness (QED) is 0.410. The minimum absolute atomic E-state index is 0.409. The fourth-order valence-corrected chi connectivity index (χ4v) is 1.39. The van der Waals surface area contributed by atoms with Crippen molar-refractivity contribution in [1.82, 2.24) is 0 Å². The van der Waals surface area contributed by atoms with Crippen molar-refractivity contribution in [3.63, 3.8) is 0 Å². The second-order valence-corrected chi connectivity index (χ2v) is 3.71. The van der Waals surface area contributed by atoms with Crippen LogP contribution >= 0.6 is 0 Å². The fraction of sp³-hybridized carbons (Fsp3) is 0.583. The summed E-state index contributed by atoms with van der Waals surface area (Å²) < 4.78 is 6.25. The summed E-state index contributed by atoms with van der Waals surface area (Å²) in [6.45, 7) is 4.58. The van der Waals surface area contributed by atoms with Crippen LogP contribution in [0.15, 0.2) is 18.2 Å². The van der Waals surface area contributed by atoms with Crippen molar-refractivity contribution in [2.45, 2.75) is 39.5 Å². The van der Waals surface area contributed by atoms with Crippen molar-refractivity contribution in [3.8, 4) is 5.88 Å². The van der Waals surface area contributed by atoms with Crippen LogP contribution in [0, 0.1) is 12.1 Å². The van der Waals surface area contributed by atoms with Gasteiger partial charge in [0.05, 0.1) is 12.7 Å². The van der Waals surface area contributed by atoms with Gasteiger partial charge in [-0.2, -0.15) is 0 Å². The largest absolute Gasteiger partial charge is 0.616 e. The predicted octanol–water partition coefficient (Wildman–Crippen LogP) is 2.59. The first kappa shape index (κ1) is 11.8. The summed E-state index contributed by atoms with van der Waals surface area (Å²) in [6, 6.07) is 5.32. The topological polar surface area (TPSA) is 36.2 Å². The molecule has 0 N–H and O–H groups in total. The minimum atomic E-state index is 0.409. The summed E-state index contributed by atoms with van der Waals surface area (Å²) in [6.07, 6.45) is 4.63. The number of unbranched alkanes of at least 4 members (excludes halogenated alkanes) is 3. The van der Waals surface area contributed by atoms with Gasteiger partial charge in [0.2, 0.25) is 0 Å². The number of hydrogen-bond acceptors (Lipinski definition) is 2. The Bertz CT molecular complexity index is 300. The molecule has 0 aliphatic carbocycles. The van der Waals surface area contributed by atoms with E-state index in [0.717, 1.165) is 11.2 Å². The molecule has 1 rings (SSSR count). The van der Waals surface area contributed by atoms with Gasteiger partial charge >= 0.3 is 5.88 Å². The van der Waals surface area contributed by atoms with E-state index in [1.54, 1.807) is 19.1 Å². The Morgan fingerprint density at radius 3 is 2.80 bits per heavy atom. The number of rotatable bonds is 6. The Morgan fingerprint density at radius 2 is 2.07 bits per heavy atom. The second-order valence-electron chi connectivity index (χ2n) is 3.71. The number of aromatic nitrogens is 1. The molecule has 15 heavy (non-hydrogen) atoms. The zero-order valence-electron chi connectivity index (χ0n) is 9.53. The van der Waals surface area contributed by atoms with Gasteiger partial charge in [-0.25, -0.2) is 0 Å². The van der Waals surface area contributed by atoms with Crippen molar-refractivity contribution in [1.29, 1.82) is 0 Å². The van der Waals surface area contributed by atoms with E-state index in [9.17, 15) is 5.21 Å². The van der Waals surface area contributed by atoms with Crippen molar-refractivity contribution in [3.05, 3.63) is 29.1 Å². The van der Waals surface area contributed by atoms with Gasteiger partial charge in [0.1, 0.15) is 0 Å². The number of pyridine rings is 1. The van der Waals surface area contributed by atoms with E-state index in [0.29, 0.717) is 18.2 Å². The van der Waals surface area contributed by atoms with E-state index < -0.39 is 0 Å². The lowest BCUT2D eigenvalue weighted by atomic mass is 10.2. The monoisotopic (exact) mass is 209 g/mol. The molecule has 1 aromatic heterocycles. The van der Waals surface area contributed by atoms with Crippen LogP contribution in [-0.4, -0.2) is 6.61 Å². The predicted molar refractivity (Wildman–Crippen MR) is 59.8 cm³/mol. The summed E-state index contributed by atoms with van der Waals surface area (Å²) in [5.41, 5.74) is 0.668. The summed E-state index contributed by atoms with van der Waals surface area (Å²) in [7, 11) is 0. The van der Waals surface area contributed by atoms with Crippen LogP contribution in [0.25, 0.3) is 0 Å². The molecule has 0 amide bonds. The van der Waals surface area contributed by atoms with Crippen LogP contribution in [0.5, 0.6) is 5.88 Å². The van der Waals surface area contributed by atoms with Gasteiger partial charge in [0.15, 0.2) is 5.69 Å². The van der Waals surface area contributed by atoms with Crippen molar-refractivity contribution in [2.24, 2.45) is 0 Å². The molecule has 84 valence electrons. The summed E-state index contributed by atoms with van der Waals surface area (Å²) in [4.78, 5) is 0. The lowest BCUT2D eigenvalue weighted by Crippen LogP contribution is -2.32. The molecule has 3 nitrogen and oxygen atoms in total. The van der Waals surface area contributed by atoms with Gasteiger partial charge < -0.3 is 9.94 Å². The van der Waals surface area contributed by atoms with E-state index in [4.69, 9.17) is 4.74 Å². The van der Waals surface area contributed by atoms with E-state index in [1.807, 2.05) is 6.07 Å². The van der Waals surface area contributed by atoms with Crippen molar-refractivity contribution >= 4 is 0 Å². The lowest BCUT2D eigenvalue weighted by Gasteiger charge is -2.07. The first-order valence-electron chi connectivity index (χ1n) is 5.57.